The molecule has 1 atom stereocenters. The van der Waals surface area contributed by atoms with E-state index in [2.05, 4.69) is 21.2 Å². The van der Waals surface area contributed by atoms with Crippen molar-refractivity contribution in [3.63, 3.8) is 0 Å². The number of halogens is 1. The highest BCUT2D eigenvalue weighted by atomic mass is 79.9. The van der Waals surface area contributed by atoms with E-state index in [1.165, 1.54) is 19.3 Å². The first-order valence-electron chi connectivity index (χ1n) is 9.13. The highest BCUT2D eigenvalue weighted by Crippen LogP contribution is 2.60. The largest absolute Gasteiger partial charge is 0.384 e. The molecule has 4 fully saturated rings. The minimum atomic E-state index is -1.04. The van der Waals surface area contributed by atoms with Gasteiger partial charge >= 0.3 is 0 Å². The van der Waals surface area contributed by atoms with Crippen LogP contribution in [0.4, 0.5) is 0 Å². The first kappa shape index (κ1) is 16.6. The van der Waals surface area contributed by atoms with Crippen molar-refractivity contribution in [2.45, 2.75) is 51.0 Å². The maximum absolute atomic E-state index is 13.0. The van der Waals surface area contributed by atoms with E-state index in [1.807, 2.05) is 24.3 Å². The van der Waals surface area contributed by atoms with E-state index in [0.29, 0.717) is 0 Å². The Morgan fingerprint density at radius 2 is 1.67 bits per heavy atom. The standard InChI is InChI=1S/C20H26BrNO2/c1-19(24,16-2-4-17(21)5-3-16)12-22-18(23)20-9-13-6-14(10-20)8-15(7-13)11-20/h2-5,13-15,24H,6-12H2,1H3,(H,22,23). The van der Waals surface area contributed by atoms with Crippen LogP contribution in [0.1, 0.15) is 51.0 Å². The van der Waals surface area contributed by atoms with Crippen LogP contribution in [0.2, 0.25) is 0 Å². The van der Waals surface area contributed by atoms with Gasteiger partial charge in [-0.25, -0.2) is 0 Å². The summed E-state index contributed by atoms with van der Waals surface area (Å²) >= 11 is 3.41. The molecule has 0 heterocycles. The Labute approximate surface area is 152 Å². The van der Waals surface area contributed by atoms with Crippen molar-refractivity contribution in [3.05, 3.63) is 34.3 Å². The molecule has 4 bridgehead atoms. The minimum Gasteiger partial charge on any atom is -0.384 e. The number of rotatable bonds is 4. The first-order valence-corrected chi connectivity index (χ1v) is 9.92. The van der Waals surface area contributed by atoms with Crippen LogP contribution >= 0.6 is 15.9 Å². The van der Waals surface area contributed by atoms with E-state index in [4.69, 9.17) is 0 Å². The molecular weight excluding hydrogens is 366 g/mol. The smallest absolute Gasteiger partial charge is 0.226 e. The van der Waals surface area contributed by atoms with Crippen LogP contribution in [0.3, 0.4) is 0 Å². The molecule has 1 amide bonds. The lowest BCUT2D eigenvalue weighted by Crippen LogP contribution is -2.55. The molecule has 0 spiro atoms. The van der Waals surface area contributed by atoms with Gasteiger partial charge in [-0.05, 0) is 80.9 Å². The molecule has 4 aliphatic carbocycles. The van der Waals surface area contributed by atoms with E-state index >= 15 is 0 Å². The maximum Gasteiger partial charge on any atom is 0.226 e. The molecule has 3 nitrogen and oxygen atoms in total. The summed E-state index contributed by atoms with van der Waals surface area (Å²) in [6, 6.07) is 7.65. The molecule has 130 valence electrons. The predicted molar refractivity (Wildman–Crippen MR) is 97.3 cm³/mol. The van der Waals surface area contributed by atoms with Gasteiger partial charge < -0.3 is 10.4 Å². The van der Waals surface area contributed by atoms with Crippen molar-refractivity contribution in [3.8, 4) is 0 Å². The van der Waals surface area contributed by atoms with Gasteiger partial charge in [-0.3, -0.25) is 4.79 Å². The summed E-state index contributed by atoms with van der Waals surface area (Å²) in [5.41, 5.74) is -0.361. The lowest BCUT2D eigenvalue weighted by atomic mass is 9.49. The molecule has 0 aliphatic heterocycles. The summed E-state index contributed by atoms with van der Waals surface area (Å²) in [6.45, 7) is 2.05. The molecule has 0 saturated heterocycles. The Morgan fingerprint density at radius 3 is 2.17 bits per heavy atom. The van der Waals surface area contributed by atoms with E-state index in [1.54, 1.807) is 6.92 Å². The number of carbonyl (C=O) groups excluding carboxylic acids is 1. The van der Waals surface area contributed by atoms with Gasteiger partial charge in [0.1, 0.15) is 5.60 Å². The third-order valence-electron chi connectivity index (χ3n) is 6.58. The number of hydrogen-bond acceptors (Lipinski definition) is 2. The van der Waals surface area contributed by atoms with Crippen LogP contribution < -0.4 is 5.32 Å². The summed E-state index contributed by atoms with van der Waals surface area (Å²) in [5, 5.41) is 13.9. The topological polar surface area (TPSA) is 49.3 Å². The Kier molecular flexibility index (Phi) is 4.04. The van der Waals surface area contributed by atoms with E-state index < -0.39 is 5.60 Å². The van der Waals surface area contributed by atoms with E-state index in [0.717, 1.165) is 47.1 Å². The van der Waals surface area contributed by atoms with E-state index in [-0.39, 0.29) is 17.9 Å². The van der Waals surface area contributed by atoms with Crippen molar-refractivity contribution in [2.75, 3.05) is 6.54 Å². The molecule has 0 aromatic heterocycles. The Hall–Kier alpha value is -0.870. The first-order chi connectivity index (χ1) is 11.4. The van der Waals surface area contributed by atoms with Gasteiger partial charge in [0.25, 0.3) is 0 Å². The quantitative estimate of drug-likeness (QED) is 0.814. The number of aliphatic hydroxyl groups is 1. The van der Waals surface area contributed by atoms with Crippen molar-refractivity contribution in [1.82, 2.24) is 5.32 Å². The molecule has 1 unspecified atom stereocenters. The zero-order valence-electron chi connectivity index (χ0n) is 14.2. The molecule has 5 rings (SSSR count). The minimum absolute atomic E-state index is 0.148. The fraction of sp³-hybridized carbons (Fsp3) is 0.650. The summed E-state index contributed by atoms with van der Waals surface area (Å²) in [4.78, 5) is 13.0. The second-order valence-corrected chi connectivity index (χ2v) is 9.58. The average Bonchev–Trinajstić information content (AvgIpc) is 2.52. The van der Waals surface area contributed by atoms with Gasteiger partial charge in [-0.15, -0.1) is 0 Å². The number of hydrogen-bond donors (Lipinski definition) is 2. The Morgan fingerprint density at radius 1 is 1.17 bits per heavy atom. The third kappa shape index (κ3) is 2.92. The molecule has 4 saturated carbocycles. The SMILES string of the molecule is CC(O)(CNC(=O)C12CC3CC(CC(C3)C1)C2)c1ccc(Br)cc1. The van der Waals surface area contributed by atoms with Gasteiger partial charge in [-0.1, -0.05) is 28.1 Å². The number of benzene rings is 1. The highest BCUT2D eigenvalue weighted by Gasteiger charge is 2.54. The summed E-state index contributed by atoms with van der Waals surface area (Å²) in [5.74, 6) is 2.45. The second-order valence-electron chi connectivity index (χ2n) is 8.66. The molecule has 4 heteroatoms. The zero-order valence-corrected chi connectivity index (χ0v) is 15.8. The number of nitrogens with one attached hydrogen (secondary N) is 1. The molecule has 4 aliphatic rings. The van der Waals surface area contributed by atoms with Gasteiger partial charge in [-0.2, -0.15) is 0 Å². The van der Waals surface area contributed by atoms with Crippen LogP contribution in [-0.2, 0) is 10.4 Å². The lowest BCUT2D eigenvalue weighted by molar-refractivity contribution is -0.147. The van der Waals surface area contributed by atoms with Crippen LogP contribution in [0.15, 0.2) is 28.7 Å². The fourth-order valence-corrected chi connectivity index (χ4v) is 6.00. The second kappa shape index (κ2) is 5.84. The monoisotopic (exact) mass is 391 g/mol. The number of amides is 1. The van der Waals surface area contributed by atoms with Crippen molar-refractivity contribution in [1.29, 1.82) is 0 Å². The summed E-state index contributed by atoms with van der Waals surface area (Å²) in [7, 11) is 0. The fourth-order valence-electron chi connectivity index (χ4n) is 5.74. The maximum atomic E-state index is 13.0. The summed E-state index contributed by atoms with van der Waals surface area (Å²) in [6.07, 6.45) is 7.19. The highest BCUT2D eigenvalue weighted by molar-refractivity contribution is 9.10. The van der Waals surface area contributed by atoms with Gasteiger partial charge in [0.2, 0.25) is 5.91 Å². The van der Waals surface area contributed by atoms with Crippen LogP contribution in [0.5, 0.6) is 0 Å². The summed E-state index contributed by atoms with van der Waals surface area (Å²) < 4.78 is 0.986. The van der Waals surface area contributed by atoms with Crippen molar-refractivity contribution < 1.29 is 9.90 Å². The third-order valence-corrected chi connectivity index (χ3v) is 7.11. The normalized spacial score (nSPS) is 36.4. The van der Waals surface area contributed by atoms with Crippen LogP contribution in [0, 0.1) is 23.2 Å². The van der Waals surface area contributed by atoms with Gasteiger partial charge in [0.15, 0.2) is 0 Å². The van der Waals surface area contributed by atoms with Gasteiger partial charge in [0, 0.05) is 9.89 Å². The zero-order chi connectivity index (χ0) is 16.9. The van der Waals surface area contributed by atoms with E-state index in [9.17, 15) is 9.90 Å². The number of carbonyl (C=O) groups is 1. The predicted octanol–water partition coefficient (Wildman–Crippen LogP) is 3.99. The molecule has 2 N–H and O–H groups in total. The molecule has 1 aromatic carbocycles. The Bertz CT molecular complexity index is 602. The lowest BCUT2D eigenvalue weighted by Gasteiger charge is -2.55. The van der Waals surface area contributed by atoms with Crippen molar-refractivity contribution in [2.24, 2.45) is 23.2 Å². The Balaban J connectivity index is 1.44. The van der Waals surface area contributed by atoms with Crippen molar-refractivity contribution >= 4 is 21.8 Å². The average molecular weight is 392 g/mol. The molecule has 24 heavy (non-hydrogen) atoms. The van der Waals surface area contributed by atoms with Crippen LogP contribution in [-0.4, -0.2) is 17.6 Å². The van der Waals surface area contributed by atoms with Gasteiger partial charge in [0.05, 0.1) is 6.54 Å². The van der Waals surface area contributed by atoms with Crippen LogP contribution in [0.25, 0.3) is 0 Å². The molecular formula is C20H26BrNO2. The molecule has 1 aromatic rings. The molecule has 0 radical (unpaired) electrons.